The highest BCUT2D eigenvalue weighted by Gasteiger charge is 2.38. The molecule has 0 radical (unpaired) electrons. The molecule has 2 heterocycles. The second kappa shape index (κ2) is 7.09. The molecule has 1 aromatic rings. The van der Waals surface area contributed by atoms with E-state index in [0.29, 0.717) is 19.4 Å². The smallest absolute Gasteiger partial charge is 0.252 e. The van der Waals surface area contributed by atoms with Crippen LogP contribution in [-0.4, -0.2) is 47.3 Å². The minimum atomic E-state index is -1.22. The van der Waals surface area contributed by atoms with E-state index in [9.17, 15) is 14.3 Å². The third kappa shape index (κ3) is 3.98. The zero-order valence-corrected chi connectivity index (χ0v) is 13.9. The Hall–Kier alpha value is -1.27. The molecule has 4 nitrogen and oxygen atoms in total. The first-order chi connectivity index (χ1) is 11.1. The zero-order chi connectivity index (χ0) is 16.3. The van der Waals surface area contributed by atoms with E-state index in [1.54, 1.807) is 17.8 Å². The summed E-state index contributed by atoms with van der Waals surface area (Å²) in [4.78, 5) is 14.5. The third-order valence-corrected chi connectivity index (χ3v) is 5.66. The molecule has 2 aliphatic heterocycles. The monoisotopic (exact) mass is 338 g/mol. The first-order valence-electron chi connectivity index (χ1n) is 8.18. The van der Waals surface area contributed by atoms with Crippen molar-refractivity contribution < 1.29 is 14.3 Å². The number of carbonyl (C=O) groups excluding carboxylic acids is 1. The number of anilines is 1. The van der Waals surface area contributed by atoms with Crippen LogP contribution in [0, 0.1) is 5.82 Å². The first kappa shape index (κ1) is 16.6. The van der Waals surface area contributed by atoms with Crippen LogP contribution in [0.15, 0.2) is 24.3 Å². The third-order valence-electron chi connectivity index (χ3n) is 4.67. The van der Waals surface area contributed by atoms with Crippen molar-refractivity contribution in [3.05, 3.63) is 30.1 Å². The predicted molar refractivity (Wildman–Crippen MR) is 91.3 cm³/mol. The highest BCUT2D eigenvalue weighted by Crippen LogP contribution is 2.28. The molecule has 3 rings (SSSR count). The van der Waals surface area contributed by atoms with E-state index in [4.69, 9.17) is 0 Å². The van der Waals surface area contributed by atoms with Crippen molar-refractivity contribution in [1.82, 2.24) is 5.32 Å². The van der Waals surface area contributed by atoms with Crippen molar-refractivity contribution >= 4 is 23.4 Å². The van der Waals surface area contributed by atoms with Crippen LogP contribution in [0.3, 0.4) is 0 Å². The van der Waals surface area contributed by atoms with Crippen LogP contribution < -0.4 is 10.2 Å². The lowest BCUT2D eigenvalue weighted by atomic mass is 9.94. The molecule has 126 valence electrons. The average molecular weight is 338 g/mol. The number of carbonyl (C=O) groups is 1. The number of nitrogens with zero attached hydrogens (tertiary/aromatic N) is 1. The highest BCUT2D eigenvalue weighted by molar-refractivity contribution is 7.99. The van der Waals surface area contributed by atoms with Gasteiger partial charge in [0, 0.05) is 24.8 Å². The first-order valence-corrected chi connectivity index (χ1v) is 9.34. The number of piperidine rings is 1. The summed E-state index contributed by atoms with van der Waals surface area (Å²) < 4.78 is 13.4. The molecular weight excluding hydrogens is 315 g/mol. The molecule has 1 atom stereocenters. The molecule has 1 aromatic carbocycles. The zero-order valence-electron chi connectivity index (χ0n) is 13.1. The van der Waals surface area contributed by atoms with Crippen LogP contribution in [0.1, 0.15) is 25.7 Å². The average Bonchev–Trinajstić information content (AvgIpc) is 2.56. The maximum absolute atomic E-state index is 13.4. The lowest BCUT2D eigenvalue weighted by Gasteiger charge is -2.37. The second-order valence-electron chi connectivity index (χ2n) is 6.38. The Balaban J connectivity index is 1.61. The van der Waals surface area contributed by atoms with Gasteiger partial charge in [-0.05, 0) is 55.4 Å². The summed E-state index contributed by atoms with van der Waals surface area (Å²) in [6, 6.07) is 6.55. The van der Waals surface area contributed by atoms with Crippen molar-refractivity contribution in [2.75, 3.05) is 29.5 Å². The maximum Gasteiger partial charge on any atom is 0.252 e. The van der Waals surface area contributed by atoms with Gasteiger partial charge in [-0.2, -0.15) is 11.8 Å². The summed E-state index contributed by atoms with van der Waals surface area (Å²) in [6.07, 6.45) is 2.87. The fourth-order valence-electron chi connectivity index (χ4n) is 3.26. The summed E-state index contributed by atoms with van der Waals surface area (Å²) in [5.74, 6) is 1.15. The van der Waals surface area contributed by atoms with Gasteiger partial charge in [0.1, 0.15) is 11.4 Å². The van der Waals surface area contributed by atoms with Crippen molar-refractivity contribution in [2.24, 2.45) is 0 Å². The largest absolute Gasteiger partial charge is 0.380 e. The van der Waals surface area contributed by atoms with E-state index in [1.807, 2.05) is 6.07 Å². The van der Waals surface area contributed by atoms with Gasteiger partial charge >= 0.3 is 0 Å². The Labute approximate surface area is 140 Å². The molecule has 6 heteroatoms. The van der Waals surface area contributed by atoms with Gasteiger partial charge in [-0.1, -0.05) is 6.07 Å². The summed E-state index contributed by atoms with van der Waals surface area (Å²) >= 11 is 1.78. The van der Waals surface area contributed by atoms with Gasteiger partial charge in [-0.15, -0.1) is 0 Å². The van der Waals surface area contributed by atoms with Gasteiger partial charge in [0.05, 0.1) is 0 Å². The van der Waals surface area contributed by atoms with Gasteiger partial charge in [0.25, 0.3) is 5.91 Å². The number of aliphatic hydroxyl groups is 1. The van der Waals surface area contributed by atoms with Crippen LogP contribution >= 0.6 is 11.8 Å². The van der Waals surface area contributed by atoms with Crippen molar-refractivity contribution in [3.63, 3.8) is 0 Å². The second-order valence-corrected chi connectivity index (χ2v) is 7.61. The number of halogens is 1. The quantitative estimate of drug-likeness (QED) is 0.887. The van der Waals surface area contributed by atoms with E-state index in [1.165, 1.54) is 12.1 Å². The van der Waals surface area contributed by atoms with E-state index in [2.05, 4.69) is 10.2 Å². The van der Waals surface area contributed by atoms with Gasteiger partial charge in [0.15, 0.2) is 0 Å². The van der Waals surface area contributed by atoms with Gasteiger partial charge in [-0.3, -0.25) is 4.79 Å². The molecule has 1 unspecified atom stereocenters. The number of rotatable bonds is 3. The number of thioether (sulfide) groups is 1. The van der Waals surface area contributed by atoms with Crippen LogP contribution in [0.2, 0.25) is 0 Å². The van der Waals surface area contributed by atoms with E-state index in [-0.39, 0.29) is 17.8 Å². The Morgan fingerprint density at radius 1 is 1.39 bits per heavy atom. The summed E-state index contributed by atoms with van der Waals surface area (Å²) in [5, 5.41) is 13.5. The van der Waals surface area contributed by atoms with Crippen LogP contribution in [0.4, 0.5) is 10.1 Å². The molecular formula is C17H23FN2O2S. The van der Waals surface area contributed by atoms with Gasteiger partial charge in [-0.25, -0.2) is 4.39 Å². The topological polar surface area (TPSA) is 52.6 Å². The lowest BCUT2D eigenvalue weighted by molar-refractivity contribution is -0.141. The van der Waals surface area contributed by atoms with Crippen LogP contribution in [0.25, 0.3) is 0 Å². The Bertz CT molecular complexity index is 563. The molecule has 1 amide bonds. The number of benzene rings is 1. The fraction of sp³-hybridized carbons (Fsp3) is 0.588. The summed E-state index contributed by atoms with van der Waals surface area (Å²) in [6.45, 7) is 1.51. The molecule has 23 heavy (non-hydrogen) atoms. The molecule has 0 saturated carbocycles. The fourth-order valence-corrected chi connectivity index (χ4v) is 4.43. The van der Waals surface area contributed by atoms with Crippen LogP contribution in [-0.2, 0) is 4.79 Å². The minimum Gasteiger partial charge on any atom is -0.380 e. The Morgan fingerprint density at radius 3 is 2.91 bits per heavy atom. The van der Waals surface area contributed by atoms with Crippen molar-refractivity contribution in [1.29, 1.82) is 0 Å². The standard InChI is InChI=1S/C17H23FN2O2S/c18-13-3-1-5-15(11-13)20-8-2-4-14(12-20)19-16(21)17(22)6-9-23-10-7-17/h1,3,5,11,14,22H,2,4,6-10,12H2,(H,19,21). The number of nitrogens with one attached hydrogen (secondary N) is 1. The molecule has 0 aliphatic carbocycles. The van der Waals surface area contributed by atoms with Crippen LogP contribution in [0.5, 0.6) is 0 Å². The molecule has 2 fully saturated rings. The summed E-state index contributed by atoms with van der Waals surface area (Å²) in [5.41, 5.74) is -0.372. The SMILES string of the molecule is O=C(NC1CCCN(c2cccc(F)c2)C1)C1(O)CCSCC1. The van der Waals surface area contributed by atoms with Gasteiger partial charge in [0.2, 0.25) is 0 Å². The molecule has 0 spiro atoms. The van der Waals surface area contributed by atoms with Crippen molar-refractivity contribution in [3.8, 4) is 0 Å². The maximum atomic E-state index is 13.4. The molecule has 0 bridgehead atoms. The summed E-state index contributed by atoms with van der Waals surface area (Å²) in [7, 11) is 0. The molecule has 0 aromatic heterocycles. The normalized spacial score (nSPS) is 24.3. The minimum absolute atomic E-state index is 0.00174. The Morgan fingerprint density at radius 2 is 2.17 bits per heavy atom. The van der Waals surface area contributed by atoms with Gasteiger partial charge < -0.3 is 15.3 Å². The lowest BCUT2D eigenvalue weighted by Crippen LogP contribution is -2.55. The number of amides is 1. The highest BCUT2D eigenvalue weighted by atomic mass is 32.2. The van der Waals surface area contributed by atoms with E-state index < -0.39 is 5.60 Å². The number of hydrogen-bond acceptors (Lipinski definition) is 4. The van der Waals surface area contributed by atoms with Crippen molar-refractivity contribution in [2.45, 2.75) is 37.3 Å². The Kier molecular flexibility index (Phi) is 5.11. The van der Waals surface area contributed by atoms with E-state index in [0.717, 1.165) is 36.6 Å². The molecule has 2 saturated heterocycles. The number of hydrogen-bond donors (Lipinski definition) is 2. The molecule has 2 aliphatic rings. The van der Waals surface area contributed by atoms with E-state index >= 15 is 0 Å². The predicted octanol–water partition coefficient (Wildman–Crippen LogP) is 2.17. The molecule has 2 N–H and O–H groups in total.